The normalized spacial score (nSPS) is 11.7. The molecule has 0 aliphatic rings. The lowest BCUT2D eigenvalue weighted by Gasteiger charge is -2.19. The summed E-state index contributed by atoms with van der Waals surface area (Å²) in [6, 6.07) is 3.84. The minimum atomic E-state index is -3.80. The third-order valence-electron chi connectivity index (χ3n) is 3.66. The van der Waals surface area contributed by atoms with Crippen LogP contribution in [0.4, 0.5) is 0 Å². The van der Waals surface area contributed by atoms with Crippen molar-refractivity contribution < 1.29 is 18.4 Å². The van der Waals surface area contributed by atoms with Gasteiger partial charge in [-0.05, 0) is 44.7 Å². The van der Waals surface area contributed by atoms with Crippen LogP contribution in [0.2, 0.25) is 0 Å². The van der Waals surface area contributed by atoms with E-state index in [1.54, 1.807) is 0 Å². The van der Waals surface area contributed by atoms with Crippen molar-refractivity contribution >= 4 is 13.1 Å². The molecular weight excluding hydrogens is 311 g/mol. The van der Waals surface area contributed by atoms with Crippen LogP contribution in [0.5, 0.6) is 0 Å². The Morgan fingerprint density at radius 2 is 1.39 bits per heavy atom. The Labute approximate surface area is 140 Å². The van der Waals surface area contributed by atoms with Crippen LogP contribution >= 0.6 is 7.60 Å². The van der Waals surface area contributed by atoms with Crippen molar-refractivity contribution in [3.8, 4) is 0 Å². The molecule has 0 bridgehead atoms. The maximum Gasteiger partial charge on any atom is 0.401 e. The van der Waals surface area contributed by atoms with Crippen molar-refractivity contribution in [2.45, 2.75) is 60.3 Å². The third kappa shape index (κ3) is 5.56. The Balaban J connectivity index is 3.10. The molecule has 0 aliphatic heterocycles. The van der Waals surface area contributed by atoms with Gasteiger partial charge in [0.2, 0.25) is 0 Å². The van der Waals surface area contributed by atoms with E-state index in [1.807, 2.05) is 46.8 Å². The molecule has 0 N–H and O–H groups in total. The van der Waals surface area contributed by atoms with E-state index in [0.29, 0.717) is 5.56 Å². The lowest BCUT2D eigenvalue weighted by Crippen LogP contribution is -2.12. The molecule has 0 heterocycles. The summed E-state index contributed by atoms with van der Waals surface area (Å²) >= 11 is 0. The Bertz CT molecular complexity index is 543. The smallest absolute Gasteiger partial charge is 0.303 e. The molecule has 0 amide bonds. The predicted molar refractivity (Wildman–Crippen MR) is 94.3 cm³/mol. The maximum atomic E-state index is 13.1. The molecule has 130 valence electrons. The van der Waals surface area contributed by atoms with Gasteiger partial charge in [0.25, 0.3) is 5.52 Å². The molecular formula is C18H29O4P. The summed E-state index contributed by atoms with van der Waals surface area (Å²) in [5, 5.41) is 0. The Hall–Kier alpha value is -0.960. The minimum Gasteiger partial charge on any atom is -0.303 e. The minimum absolute atomic E-state index is 0.273. The Morgan fingerprint density at radius 1 is 0.957 bits per heavy atom. The highest BCUT2D eigenvalue weighted by Gasteiger charge is 2.37. The van der Waals surface area contributed by atoms with E-state index in [0.717, 1.165) is 42.4 Å². The number of benzene rings is 1. The topological polar surface area (TPSA) is 52.6 Å². The fourth-order valence-electron chi connectivity index (χ4n) is 2.47. The Kier molecular flexibility index (Phi) is 8.18. The van der Waals surface area contributed by atoms with Gasteiger partial charge in [0, 0.05) is 5.56 Å². The molecule has 1 rings (SSSR count). The lowest BCUT2D eigenvalue weighted by molar-refractivity contribution is 0.0990. The number of carbonyl (C=O) groups excluding carboxylic acids is 1. The highest BCUT2D eigenvalue weighted by atomic mass is 31.2. The summed E-state index contributed by atoms with van der Waals surface area (Å²) in [6.07, 6.45) is 3.32. The van der Waals surface area contributed by atoms with Gasteiger partial charge in [0.05, 0.1) is 13.2 Å². The molecule has 0 saturated heterocycles. The number of hydrogen-bond acceptors (Lipinski definition) is 4. The largest absolute Gasteiger partial charge is 0.401 e. The predicted octanol–water partition coefficient (Wildman–Crippen LogP) is 5.58. The van der Waals surface area contributed by atoms with Crippen molar-refractivity contribution in [3.63, 3.8) is 0 Å². The van der Waals surface area contributed by atoms with E-state index in [-0.39, 0.29) is 13.2 Å². The summed E-state index contributed by atoms with van der Waals surface area (Å²) in [5.41, 5.74) is 2.65. The average molecular weight is 340 g/mol. The van der Waals surface area contributed by atoms with Gasteiger partial charge >= 0.3 is 7.60 Å². The fourth-order valence-corrected chi connectivity index (χ4v) is 4.14. The van der Waals surface area contributed by atoms with Crippen LogP contribution in [-0.2, 0) is 13.6 Å². The molecule has 0 fully saturated rings. The second kappa shape index (κ2) is 9.36. The van der Waals surface area contributed by atoms with E-state index in [9.17, 15) is 9.36 Å². The van der Waals surface area contributed by atoms with Gasteiger partial charge in [-0.15, -0.1) is 0 Å². The quantitative estimate of drug-likeness (QED) is 0.412. The van der Waals surface area contributed by atoms with Crippen molar-refractivity contribution in [2.75, 3.05) is 13.2 Å². The van der Waals surface area contributed by atoms with E-state index in [1.165, 1.54) is 0 Å². The summed E-state index contributed by atoms with van der Waals surface area (Å²) in [6.45, 7) is 10.3. The molecule has 0 aliphatic carbocycles. The van der Waals surface area contributed by atoms with Crippen molar-refractivity contribution in [1.82, 2.24) is 0 Å². The molecule has 1 aromatic rings. The molecule has 0 atom stereocenters. The molecule has 23 heavy (non-hydrogen) atoms. The van der Waals surface area contributed by atoms with E-state index >= 15 is 0 Å². The van der Waals surface area contributed by atoms with E-state index < -0.39 is 13.1 Å². The molecule has 0 saturated carbocycles. The zero-order chi connectivity index (χ0) is 17.5. The highest BCUT2D eigenvalue weighted by Crippen LogP contribution is 2.52. The number of carbonyl (C=O) groups is 1. The zero-order valence-corrected chi connectivity index (χ0v) is 15.9. The SMILES string of the molecule is CCCCOP(=O)(OCCCC)C(=O)c1c(C)cc(C)cc1C. The van der Waals surface area contributed by atoms with Gasteiger partial charge in [0.15, 0.2) is 0 Å². The van der Waals surface area contributed by atoms with Crippen LogP contribution in [0.15, 0.2) is 12.1 Å². The first kappa shape index (κ1) is 20.1. The number of rotatable bonds is 10. The van der Waals surface area contributed by atoms with E-state index in [2.05, 4.69) is 0 Å². The van der Waals surface area contributed by atoms with Crippen LogP contribution in [0.3, 0.4) is 0 Å². The second-order valence-corrected chi connectivity index (χ2v) is 7.87. The van der Waals surface area contributed by atoms with Crippen LogP contribution in [0, 0.1) is 20.8 Å². The van der Waals surface area contributed by atoms with Gasteiger partial charge in [0.1, 0.15) is 0 Å². The summed E-state index contributed by atoms with van der Waals surface area (Å²) in [4.78, 5) is 12.9. The number of hydrogen-bond donors (Lipinski definition) is 0. The van der Waals surface area contributed by atoms with Crippen molar-refractivity contribution in [1.29, 1.82) is 0 Å². The zero-order valence-electron chi connectivity index (χ0n) is 15.0. The number of aryl methyl sites for hydroxylation is 3. The van der Waals surface area contributed by atoms with Gasteiger partial charge in [-0.2, -0.15) is 0 Å². The lowest BCUT2D eigenvalue weighted by atomic mass is 10.0. The summed E-state index contributed by atoms with van der Waals surface area (Å²) in [7, 11) is -3.80. The monoisotopic (exact) mass is 340 g/mol. The van der Waals surface area contributed by atoms with Gasteiger partial charge < -0.3 is 9.05 Å². The molecule has 4 nitrogen and oxygen atoms in total. The average Bonchev–Trinajstić information content (AvgIpc) is 2.46. The van der Waals surface area contributed by atoms with Gasteiger partial charge in [-0.25, -0.2) is 0 Å². The maximum absolute atomic E-state index is 13.1. The van der Waals surface area contributed by atoms with Gasteiger partial charge in [-0.3, -0.25) is 9.36 Å². The molecule has 5 heteroatoms. The summed E-state index contributed by atoms with van der Waals surface area (Å²) < 4.78 is 24.0. The fraction of sp³-hybridized carbons (Fsp3) is 0.611. The van der Waals surface area contributed by atoms with E-state index in [4.69, 9.17) is 9.05 Å². The summed E-state index contributed by atoms with van der Waals surface area (Å²) in [5.74, 6) is 0. The van der Waals surface area contributed by atoms with Crippen molar-refractivity contribution in [3.05, 3.63) is 34.4 Å². The standard InChI is InChI=1S/C18H29O4P/c1-6-8-10-21-23(20,22-11-9-7-2)18(19)17-15(4)12-14(3)13-16(17)5/h12-13H,6-11H2,1-5H3. The second-order valence-electron chi connectivity index (χ2n) is 5.95. The van der Waals surface area contributed by atoms with Crippen molar-refractivity contribution in [2.24, 2.45) is 0 Å². The molecule has 0 aromatic heterocycles. The number of unbranched alkanes of at least 4 members (excludes halogenated alkanes) is 2. The first-order valence-corrected chi connectivity index (χ1v) is 9.91. The first-order valence-electron chi connectivity index (χ1n) is 8.37. The van der Waals surface area contributed by atoms with Crippen LogP contribution in [0.25, 0.3) is 0 Å². The van der Waals surface area contributed by atoms with Crippen LogP contribution in [0.1, 0.15) is 66.6 Å². The van der Waals surface area contributed by atoms with Gasteiger partial charge in [-0.1, -0.05) is 44.4 Å². The Morgan fingerprint density at radius 3 is 1.78 bits per heavy atom. The molecule has 0 radical (unpaired) electrons. The third-order valence-corrected chi connectivity index (χ3v) is 5.42. The van der Waals surface area contributed by atoms with Crippen LogP contribution < -0.4 is 0 Å². The highest BCUT2D eigenvalue weighted by molar-refractivity contribution is 7.72. The first-order chi connectivity index (χ1) is 10.9. The molecule has 1 aromatic carbocycles. The van der Waals surface area contributed by atoms with Crippen LogP contribution in [-0.4, -0.2) is 18.7 Å². The molecule has 0 unspecified atom stereocenters. The molecule has 0 spiro atoms.